The molecular formula is C22H26BrN3O2. The molecular weight excluding hydrogens is 418 g/mol. The fourth-order valence-electron chi connectivity index (χ4n) is 3.46. The average Bonchev–Trinajstić information content (AvgIpc) is 2.70. The maximum Gasteiger partial charge on any atom is 0.241 e. The van der Waals surface area contributed by atoms with Gasteiger partial charge in [0, 0.05) is 16.7 Å². The highest BCUT2D eigenvalue weighted by Gasteiger charge is 2.31. The SMILES string of the molecule is Cc1ccc(NC(=O)[C@H](C)N2CCC[C@@H](C(=O)Nc3ccccc3)C2)c(Br)c1. The predicted molar refractivity (Wildman–Crippen MR) is 116 cm³/mol. The van der Waals surface area contributed by atoms with Crippen LogP contribution >= 0.6 is 15.9 Å². The van der Waals surface area contributed by atoms with Crippen LogP contribution in [0.2, 0.25) is 0 Å². The van der Waals surface area contributed by atoms with Crippen molar-refractivity contribution in [2.24, 2.45) is 5.92 Å². The molecule has 2 aromatic rings. The first kappa shape index (κ1) is 20.6. The highest BCUT2D eigenvalue weighted by molar-refractivity contribution is 9.10. The van der Waals surface area contributed by atoms with Crippen molar-refractivity contribution in [3.8, 4) is 0 Å². The van der Waals surface area contributed by atoms with Gasteiger partial charge in [-0.1, -0.05) is 24.3 Å². The normalized spacial score (nSPS) is 18.3. The lowest BCUT2D eigenvalue weighted by molar-refractivity contribution is -0.125. The first-order valence-electron chi connectivity index (χ1n) is 9.61. The van der Waals surface area contributed by atoms with Gasteiger partial charge in [0.25, 0.3) is 0 Å². The number of nitrogens with zero attached hydrogens (tertiary/aromatic N) is 1. The summed E-state index contributed by atoms with van der Waals surface area (Å²) < 4.78 is 0.867. The number of hydrogen-bond acceptors (Lipinski definition) is 3. The Bertz CT molecular complexity index is 841. The predicted octanol–water partition coefficient (Wildman–Crippen LogP) is 4.44. The van der Waals surface area contributed by atoms with Crippen LogP contribution in [0.15, 0.2) is 53.0 Å². The zero-order valence-electron chi connectivity index (χ0n) is 16.2. The van der Waals surface area contributed by atoms with Crippen LogP contribution in [0.3, 0.4) is 0 Å². The van der Waals surface area contributed by atoms with Gasteiger partial charge in [-0.2, -0.15) is 0 Å². The zero-order valence-corrected chi connectivity index (χ0v) is 17.8. The summed E-state index contributed by atoms with van der Waals surface area (Å²) in [6.07, 6.45) is 1.74. The number of rotatable bonds is 5. The van der Waals surface area contributed by atoms with E-state index >= 15 is 0 Å². The van der Waals surface area contributed by atoms with E-state index < -0.39 is 0 Å². The minimum Gasteiger partial charge on any atom is -0.326 e. The van der Waals surface area contributed by atoms with E-state index in [1.54, 1.807) is 0 Å². The second-order valence-corrected chi connectivity index (χ2v) is 8.19. The minimum atomic E-state index is -0.305. The molecule has 2 N–H and O–H groups in total. The van der Waals surface area contributed by atoms with Crippen molar-refractivity contribution in [1.29, 1.82) is 0 Å². The standard InChI is InChI=1S/C22H26BrN3O2/c1-15-10-11-20(19(23)13-15)25-21(27)16(2)26-12-6-7-17(14-26)22(28)24-18-8-4-3-5-9-18/h3-5,8-11,13,16-17H,6-7,12,14H2,1-2H3,(H,24,28)(H,25,27)/t16-,17+/m0/s1. The van der Waals surface area contributed by atoms with Crippen molar-refractivity contribution in [3.63, 3.8) is 0 Å². The van der Waals surface area contributed by atoms with Crippen LogP contribution in [-0.2, 0) is 9.59 Å². The summed E-state index contributed by atoms with van der Waals surface area (Å²) >= 11 is 3.50. The van der Waals surface area contributed by atoms with Gasteiger partial charge in [0.1, 0.15) is 0 Å². The number of likely N-dealkylation sites (tertiary alicyclic amines) is 1. The first-order chi connectivity index (χ1) is 13.4. The van der Waals surface area contributed by atoms with Crippen molar-refractivity contribution < 1.29 is 9.59 Å². The van der Waals surface area contributed by atoms with Gasteiger partial charge in [-0.15, -0.1) is 0 Å². The average molecular weight is 444 g/mol. The Hall–Kier alpha value is -2.18. The highest BCUT2D eigenvalue weighted by atomic mass is 79.9. The Balaban J connectivity index is 1.59. The van der Waals surface area contributed by atoms with Crippen molar-refractivity contribution >= 4 is 39.1 Å². The summed E-state index contributed by atoms with van der Waals surface area (Å²) in [5, 5.41) is 5.97. The number of nitrogens with one attached hydrogen (secondary N) is 2. The van der Waals surface area contributed by atoms with E-state index in [1.807, 2.05) is 62.4 Å². The monoisotopic (exact) mass is 443 g/mol. The Morgan fingerprint density at radius 1 is 1.14 bits per heavy atom. The van der Waals surface area contributed by atoms with Crippen LogP contribution in [0.4, 0.5) is 11.4 Å². The molecule has 0 spiro atoms. The maximum absolute atomic E-state index is 12.7. The van der Waals surface area contributed by atoms with E-state index in [0.29, 0.717) is 6.54 Å². The second-order valence-electron chi connectivity index (χ2n) is 7.34. The minimum absolute atomic E-state index is 0.0183. The molecule has 2 amide bonds. The van der Waals surface area contributed by atoms with Gasteiger partial charge in [-0.3, -0.25) is 14.5 Å². The summed E-state index contributed by atoms with van der Waals surface area (Å²) in [7, 11) is 0. The Morgan fingerprint density at radius 2 is 1.89 bits per heavy atom. The third-order valence-electron chi connectivity index (χ3n) is 5.17. The first-order valence-corrected chi connectivity index (χ1v) is 10.4. The smallest absolute Gasteiger partial charge is 0.241 e. The van der Waals surface area contributed by atoms with Crippen molar-refractivity contribution in [1.82, 2.24) is 4.90 Å². The van der Waals surface area contributed by atoms with E-state index in [2.05, 4.69) is 31.5 Å². The fourth-order valence-corrected chi connectivity index (χ4v) is 4.05. The molecule has 0 bridgehead atoms. The Morgan fingerprint density at radius 3 is 2.61 bits per heavy atom. The van der Waals surface area contributed by atoms with Gasteiger partial charge >= 0.3 is 0 Å². The zero-order chi connectivity index (χ0) is 20.1. The molecule has 1 aliphatic rings. The van der Waals surface area contributed by atoms with Crippen LogP contribution in [0, 0.1) is 12.8 Å². The second kappa shape index (κ2) is 9.34. The lowest BCUT2D eigenvalue weighted by Crippen LogP contribution is -2.49. The van der Waals surface area contributed by atoms with Gasteiger partial charge in [0.05, 0.1) is 17.6 Å². The van der Waals surface area contributed by atoms with Crippen LogP contribution in [0.25, 0.3) is 0 Å². The lowest BCUT2D eigenvalue weighted by Gasteiger charge is -2.35. The third kappa shape index (κ3) is 5.20. The lowest BCUT2D eigenvalue weighted by atomic mass is 9.95. The van der Waals surface area contributed by atoms with E-state index in [-0.39, 0.29) is 23.8 Å². The topological polar surface area (TPSA) is 61.4 Å². The molecule has 2 atom stereocenters. The van der Waals surface area contributed by atoms with E-state index in [9.17, 15) is 9.59 Å². The fraction of sp³-hybridized carbons (Fsp3) is 0.364. The molecule has 1 saturated heterocycles. The van der Waals surface area contributed by atoms with E-state index in [0.717, 1.165) is 40.8 Å². The summed E-state index contributed by atoms with van der Waals surface area (Å²) in [5.41, 5.74) is 2.69. The quantitative estimate of drug-likeness (QED) is 0.717. The Labute approximate surface area is 174 Å². The largest absolute Gasteiger partial charge is 0.326 e. The molecule has 1 fully saturated rings. The van der Waals surface area contributed by atoms with Crippen molar-refractivity contribution in [3.05, 3.63) is 58.6 Å². The van der Waals surface area contributed by atoms with Gasteiger partial charge in [0.2, 0.25) is 11.8 Å². The number of halogens is 1. The Kier molecular flexibility index (Phi) is 6.86. The molecule has 6 heteroatoms. The molecule has 148 valence electrons. The molecule has 0 radical (unpaired) electrons. The molecule has 28 heavy (non-hydrogen) atoms. The molecule has 0 aromatic heterocycles. The summed E-state index contributed by atoms with van der Waals surface area (Å²) in [5.74, 6) is -0.159. The molecule has 2 aromatic carbocycles. The van der Waals surface area contributed by atoms with Crippen LogP contribution < -0.4 is 10.6 Å². The molecule has 1 heterocycles. The number of para-hydroxylation sites is 1. The number of anilines is 2. The van der Waals surface area contributed by atoms with Gasteiger partial charge in [-0.05, 0) is 79.0 Å². The van der Waals surface area contributed by atoms with Gasteiger partial charge < -0.3 is 10.6 Å². The third-order valence-corrected chi connectivity index (χ3v) is 5.83. The van der Waals surface area contributed by atoms with Crippen LogP contribution in [-0.4, -0.2) is 35.8 Å². The number of carbonyl (C=O) groups excluding carboxylic acids is 2. The van der Waals surface area contributed by atoms with Gasteiger partial charge in [-0.25, -0.2) is 0 Å². The number of amides is 2. The molecule has 3 rings (SSSR count). The molecule has 0 saturated carbocycles. The molecule has 1 aliphatic heterocycles. The molecule has 5 nitrogen and oxygen atoms in total. The summed E-state index contributed by atoms with van der Waals surface area (Å²) in [6, 6.07) is 15.0. The number of piperidine rings is 1. The highest BCUT2D eigenvalue weighted by Crippen LogP contribution is 2.25. The van der Waals surface area contributed by atoms with Crippen LogP contribution in [0.1, 0.15) is 25.3 Å². The number of carbonyl (C=O) groups is 2. The van der Waals surface area contributed by atoms with Crippen molar-refractivity contribution in [2.45, 2.75) is 32.7 Å². The summed E-state index contributed by atoms with van der Waals surface area (Å²) in [6.45, 7) is 5.31. The maximum atomic E-state index is 12.7. The summed E-state index contributed by atoms with van der Waals surface area (Å²) in [4.78, 5) is 27.5. The number of aryl methyl sites for hydroxylation is 1. The number of benzene rings is 2. The van der Waals surface area contributed by atoms with Gasteiger partial charge in [0.15, 0.2) is 0 Å². The van der Waals surface area contributed by atoms with Crippen LogP contribution in [0.5, 0.6) is 0 Å². The molecule has 0 aliphatic carbocycles. The van der Waals surface area contributed by atoms with E-state index in [1.165, 1.54) is 0 Å². The molecule has 0 unspecified atom stereocenters. The number of hydrogen-bond donors (Lipinski definition) is 2. The van der Waals surface area contributed by atoms with Crippen molar-refractivity contribution in [2.75, 3.05) is 23.7 Å². The van der Waals surface area contributed by atoms with E-state index in [4.69, 9.17) is 0 Å².